The zero-order valence-corrected chi connectivity index (χ0v) is 11.9. The van der Waals surface area contributed by atoms with E-state index in [-0.39, 0.29) is 12.4 Å². The topological polar surface area (TPSA) is 72.5 Å². The molecule has 0 aromatic heterocycles. The van der Waals surface area contributed by atoms with Crippen LogP contribution in [0.4, 0.5) is 0 Å². The Morgan fingerprint density at radius 3 is 2.39 bits per heavy atom. The van der Waals surface area contributed by atoms with Crippen LogP contribution in [0.5, 0.6) is 5.75 Å². The molecule has 1 unspecified atom stereocenters. The molecule has 0 aliphatic carbocycles. The van der Waals surface area contributed by atoms with E-state index in [2.05, 4.69) is 0 Å². The highest BCUT2D eigenvalue weighted by Gasteiger charge is 2.33. The third-order valence-electron chi connectivity index (χ3n) is 2.89. The fourth-order valence-corrected chi connectivity index (χ4v) is 1.61. The van der Waals surface area contributed by atoms with E-state index in [1.54, 1.807) is 12.1 Å². The second-order valence-electron chi connectivity index (χ2n) is 4.62. The van der Waals surface area contributed by atoms with E-state index in [0.717, 1.165) is 5.56 Å². The Kier molecular flexibility index (Phi) is 5.64. The number of nitrogens with two attached hydrogens (primary N) is 1. The first-order chi connectivity index (χ1) is 7.80. The number of hydrogen-bond donors (Lipinski definition) is 2. The summed E-state index contributed by atoms with van der Waals surface area (Å²) in [5.41, 5.74) is 5.94. The minimum Gasteiger partial charge on any atom is -0.496 e. The van der Waals surface area contributed by atoms with Crippen LogP contribution >= 0.6 is 12.4 Å². The molecule has 1 aromatic rings. The van der Waals surface area contributed by atoms with E-state index >= 15 is 0 Å². The molecule has 3 N–H and O–H groups in total. The van der Waals surface area contributed by atoms with Crippen molar-refractivity contribution in [3.63, 3.8) is 0 Å². The van der Waals surface area contributed by atoms with Gasteiger partial charge in [-0.3, -0.25) is 0 Å². The second-order valence-corrected chi connectivity index (χ2v) is 4.62. The van der Waals surface area contributed by atoms with Gasteiger partial charge < -0.3 is 15.6 Å². The highest BCUT2D eigenvalue weighted by Crippen LogP contribution is 2.31. The summed E-state index contributed by atoms with van der Waals surface area (Å²) in [7, 11) is 1.51. The number of carboxylic acid groups (broad SMARTS) is 1. The van der Waals surface area contributed by atoms with Crippen LogP contribution in [-0.2, 0) is 10.3 Å². The van der Waals surface area contributed by atoms with Gasteiger partial charge in [0, 0.05) is 5.56 Å². The number of rotatable bonds is 4. The molecular formula is C13H20ClNO3. The summed E-state index contributed by atoms with van der Waals surface area (Å²) in [5, 5.41) is 9.16. The largest absolute Gasteiger partial charge is 0.496 e. The van der Waals surface area contributed by atoms with Crippen LogP contribution in [0.15, 0.2) is 18.2 Å². The zero-order chi connectivity index (χ0) is 13.2. The molecule has 1 aromatic carbocycles. The molecule has 18 heavy (non-hydrogen) atoms. The van der Waals surface area contributed by atoms with Crippen LogP contribution in [0.1, 0.15) is 37.8 Å². The average Bonchev–Trinajstić information content (AvgIpc) is 2.27. The number of halogens is 1. The van der Waals surface area contributed by atoms with Crippen LogP contribution < -0.4 is 10.5 Å². The van der Waals surface area contributed by atoms with Crippen molar-refractivity contribution >= 4 is 18.4 Å². The van der Waals surface area contributed by atoms with Gasteiger partial charge in [-0.2, -0.15) is 0 Å². The van der Waals surface area contributed by atoms with Crippen molar-refractivity contribution in [2.24, 2.45) is 5.73 Å². The van der Waals surface area contributed by atoms with E-state index < -0.39 is 11.5 Å². The molecule has 0 bridgehead atoms. The van der Waals surface area contributed by atoms with Crippen molar-refractivity contribution in [1.82, 2.24) is 0 Å². The van der Waals surface area contributed by atoms with Crippen LogP contribution in [-0.4, -0.2) is 18.2 Å². The lowest BCUT2D eigenvalue weighted by Crippen LogP contribution is -2.42. The SMILES string of the molecule is COc1ccc(C(C)C)cc1C(C)(N)C(=O)O.Cl. The van der Waals surface area contributed by atoms with Gasteiger partial charge in [0.1, 0.15) is 11.3 Å². The normalized spacial score (nSPS) is 13.7. The van der Waals surface area contributed by atoms with Crippen LogP contribution in [0, 0.1) is 0 Å². The summed E-state index contributed by atoms with van der Waals surface area (Å²) in [5.74, 6) is -0.261. The first-order valence-corrected chi connectivity index (χ1v) is 5.51. The lowest BCUT2D eigenvalue weighted by molar-refractivity contribution is -0.143. The maximum absolute atomic E-state index is 11.2. The van der Waals surface area contributed by atoms with Crippen molar-refractivity contribution in [2.75, 3.05) is 7.11 Å². The highest BCUT2D eigenvalue weighted by atomic mass is 35.5. The monoisotopic (exact) mass is 273 g/mol. The molecule has 5 heteroatoms. The maximum atomic E-state index is 11.2. The number of hydrogen-bond acceptors (Lipinski definition) is 3. The minimum absolute atomic E-state index is 0. The van der Waals surface area contributed by atoms with E-state index in [4.69, 9.17) is 15.6 Å². The zero-order valence-electron chi connectivity index (χ0n) is 11.1. The van der Waals surface area contributed by atoms with Gasteiger partial charge in [0.05, 0.1) is 7.11 Å². The van der Waals surface area contributed by atoms with Gasteiger partial charge in [0.2, 0.25) is 0 Å². The Bertz CT molecular complexity index is 430. The molecule has 102 valence electrons. The molecule has 0 aliphatic rings. The molecule has 0 amide bonds. The summed E-state index contributed by atoms with van der Waals surface area (Å²) in [4.78, 5) is 11.2. The lowest BCUT2D eigenvalue weighted by atomic mass is 9.89. The van der Waals surface area contributed by atoms with E-state index in [1.807, 2.05) is 19.9 Å². The number of methoxy groups -OCH3 is 1. The van der Waals surface area contributed by atoms with Crippen molar-refractivity contribution in [2.45, 2.75) is 32.2 Å². The Morgan fingerprint density at radius 2 is 2.00 bits per heavy atom. The average molecular weight is 274 g/mol. The van der Waals surface area contributed by atoms with Crippen molar-refractivity contribution in [3.05, 3.63) is 29.3 Å². The minimum atomic E-state index is -1.45. The summed E-state index contributed by atoms with van der Waals surface area (Å²) < 4.78 is 5.17. The van der Waals surface area contributed by atoms with Crippen molar-refractivity contribution in [1.29, 1.82) is 0 Å². The fourth-order valence-electron chi connectivity index (χ4n) is 1.61. The van der Waals surface area contributed by atoms with Gasteiger partial charge in [-0.05, 0) is 30.5 Å². The highest BCUT2D eigenvalue weighted by molar-refractivity contribution is 5.85. The van der Waals surface area contributed by atoms with Crippen molar-refractivity contribution < 1.29 is 14.6 Å². The van der Waals surface area contributed by atoms with Gasteiger partial charge in [-0.1, -0.05) is 19.9 Å². The molecule has 1 atom stereocenters. The predicted octanol–water partition coefficient (Wildman–Crippen LogP) is 2.50. The van der Waals surface area contributed by atoms with E-state index in [9.17, 15) is 4.79 Å². The molecule has 0 spiro atoms. The first kappa shape index (κ1) is 16.7. The number of benzene rings is 1. The molecule has 0 saturated heterocycles. The van der Waals surface area contributed by atoms with Crippen LogP contribution in [0.25, 0.3) is 0 Å². The van der Waals surface area contributed by atoms with E-state index in [0.29, 0.717) is 17.2 Å². The first-order valence-electron chi connectivity index (χ1n) is 5.51. The Balaban J connectivity index is 0.00000289. The quantitative estimate of drug-likeness (QED) is 0.884. The third kappa shape index (κ3) is 3.15. The summed E-state index contributed by atoms with van der Waals surface area (Å²) >= 11 is 0. The maximum Gasteiger partial charge on any atom is 0.328 e. The Morgan fingerprint density at radius 1 is 1.44 bits per heavy atom. The number of aliphatic carboxylic acids is 1. The Labute approximate surface area is 114 Å². The van der Waals surface area contributed by atoms with Crippen LogP contribution in [0.3, 0.4) is 0 Å². The third-order valence-corrected chi connectivity index (χ3v) is 2.89. The molecular weight excluding hydrogens is 254 g/mol. The molecule has 0 heterocycles. The second kappa shape index (κ2) is 6.07. The van der Waals surface area contributed by atoms with Gasteiger partial charge in [-0.15, -0.1) is 12.4 Å². The summed E-state index contributed by atoms with van der Waals surface area (Å²) in [6.07, 6.45) is 0. The molecule has 1 rings (SSSR count). The standard InChI is InChI=1S/C13H19NO3.ClH/c1-8(2)9-5-6-11(17-4)10(7-9)13(3,14)12(15)16;/h5-8H,14H2,1-4H3,(H,15,16);1H. The Hall–Kier alpha value is -1.26. The van der Waals surface area contributed by atoms with E-state index in [1.165, 1.54) is 14.0 Å². The summed E-state index contributed by atoms with van der Waals surface area (Å²) in [6, 6.07) is 5.49. The van der Waals surface area contributed by atoms with Gasteiger partial charge in [0.25, 0.3) is 0 Å². The molecule has 4 nitrogen and oxygen atoms in total. The van der Waals surface area contributed by atoms with Gasteiger partial charge in [0.15, 0.2) is 0 Å². The van der Waals surface area contributed by atoms with Crippen LogP contribution in [0.2, 0.25) is 0 Å². The molecule has 0 saturated carbocycles. The molecule has 0 fully saturated rings. The number of ether oxygens (including phenoxy) is 1. The number of carbonyl (C=O) groups is 1. The lowest BCUT2D eigenvalue weighted by Gasteiger charge is -2.23. The van der Waals surface area contributed by atoms with Gasteiger partial charge in [-0.25, -0.2) is 4.79 Å². The fraction of sp³-hybridized carbons (Fsp3) is 0.462. The predicted molar refractivity (Wildman–Crippen MR) is 73.5 cm³/mol. The van der Waals surface area contributed by atoms with Gasteiger partial charge >= 0.3 is 5.97 Å². The molecule has 0 radical (unpaired) electrons. The van der Waals surface area contributed by atoms with Crippen molar-refractivity contribution in [3.8, 4) is 5.75 Å². The smallest absolute Gasteiger partial charge is 0.328 e. The molecule has 0 aliphatic heterocycles. The number of carboxylic acids is 1. The summed E-state index contributed by atoms with van der Waals surface area (Å²) in [6.45, 7) is 5.55.